The van der Waals surface area contributed by atoms with Crippen molar-refractivity contribution >= 4 is 17.3 Å². The molecular formula is C17H15N3O6. The molecule has 0 unspecified atom stereocenters. The van der Waals surface area contributed by atoms with Crippen LogP contribution in [0.15, 0.2) is 36.4 Å². The Bertz CT molecular complexity index is 875. The molecule has 0 saturated heterocycles. The van der Waals surface area contributed by atoms with Gasteiger partial charge in [0.2, 0.25) is 0 Å². The number of nitriles is 1. The Balaban J connectivity index is 2.09. The molecule has 2 rings (SSSR count). The van der Waals surface area contributed by atoms with Gasteiger partial charge in [-0.3, -0.25) is 14.9 Å². The van der Waals surface area contributed by atoms with Gasteiger partial charge in [0, 0.05) is 18.2 Å². The molecule has 2 aromatic rings. The minimum atomic E-state index is -0.576. The maximum absolute atomic E-state index is 12.1. The first-order valence-corrected chi connectivity index (χ1v) is 7.31. The fraction of sp³-hybridized carbons (Fsp3) is 0.176. The molecule has 2 aromatic carbocycles. The van der Waals surface area contributed by atoms with E-state index >= 15 is 0 Å². The number of ether oxygens (including phenoxy) is 3. The summed E-state index contributed by atoms with van der Waals surface area (Å²) in [5.74, 6) is 0.326. The van der Waals surface area contributed by atoms with E-state index in [0.717, 1.165) is 0 Å². The number of methoxy groups -OCH3 is 2. The zero-order valence-corrected chi connectivity index (χ0v) is 14.0. The van der Waals surface area contributed by atoms with Crippen LogP contribution < -0.4 is 19.5 Å². The van der Waals surface area contributed by atoms with Gasteiger partial charge in [-0.2, -0.15) is 5.26 Å². The number of amides is 1. The molecule has 0 atom stereocenters. The molecule has 0 spiro atoms. The molecule has 1 N–H and O–H groups in total. The van der Waals surface area contributed by atoms with Crippen LogP contribution in [0.25, 0.3) is 0 Å². The predicted molar refractivity (Wildman–Crippen MR) is 91.5 cm³/mol. The van der Waals surface area contributed by atoms with E-state index in [4.69, 9.17) is 19.5 Å². The van der Waals surface area contributed by atoms with Crippen molar-refractivity contribution in [1.29, 1.82) is 5.26 Å². The monoisotopic (exact) mass is 357 g/mol. The summed E-state index contributed by atoms with van der Waals surface area (Å²) < 4.78 is 15.6. The Labute approximate surface area is 148 Å². The number of nitro benzene ring substituents is 1. The lowest BCUT2D eigenvalue weighted by molar-refractivity contribution is -0.384. The molecule has 9 heteroatoms. The van der Waals surface area contributed by atoms with E-state index < -0.39 is 10.8 Å². The summed E-state index contributed by atoms with van der Waals surface area (Å²) in [5, 5.41) is 22.2. The molecule has 1 amide bonds. The van der Waals surface area contributed by atoms with Crippen molar-refractivity contribution in [2.75, 3.05) is 26.1 Å². The van der Waals surface area contributed by atoms with E-state index in [0.29, 0.717) is 11.3 Å². The standard InChI is InChI=1S/C17H15N3O6/c1-24-14-6-4-12(20(22)23)8-13(14)19-17(21)10-26-15-5-3-11(9-18)7-16(15)25-2/h3-8H,10H2,1-2H3,(H,19,21). The molecule has 0 aliphatic heterocycles. The number of hydrogen-bond acceptors (Lipinski definition) is 7. The van der Waals surface area contributed by atoms with Crippen LogP contribution in [-0.2, 0) is 4.79 Å². The number of hydrogen-bond donors (Lipinski definition) is 1. The van der Waals surface area contributed by atoms with E-state index in [2.05, 4.69) is 5.32 Å². The van der Waals surface area contributed by atoms with Crippen LogP contribution in [0.2, 0.25) is 0 Å². The highest BCUT2D eigenvalue weighted by atomic mass is 16.6. The average molecular weight is 357 g/mol. The zero-order valence-electron chi connectivity index (χ0n) is 14.0. The lowest BCUT2D eigenvalue weighted by Gasteiger charge is -2.12. The predicted octanol–water partition coefficient (Wildman–Crippen LogP) is 2.50. The van der Waals surface area contributed by atoms with E-state index in [1.54, 1.807) is 0 Å². The Morgan fingerprint density at radius 1 is 1.15 bits per heavy atom. The maximum atomic E-state index is 12.1. The van der Waals surface area contributed by atoms with Crippen molar-refractivity contribution in [3.63, 3.8) is 0 Å². The van der Waals surface area contributed by atoms with Crippen molar-refractivity contribution < 1.29 is 23.9 Å². The number of anilines is 1. The van der Waals surface area contributed by atoms with Gasteiger partial charge in [-0.05, 0) is 18.2 Å². The SMILES string of the molecule is COc1ccc([N+](=O)[O-])cc1NC(=O)COc1ccc(C#N)cc1OC. The second-order valence-electron chi connectivity index (χ2n) is 4.96. The van der Waals surface area contributed by atoms with Gasteiger partial charge in [0.15, 0.2) is 18.1 Å². The van der Waals surface area contributed by atoms with Gasteiger partial charge < -0.3 is 19.5 Å². The second-order valence-corrected chi connectivity index (χ2v) is 4.96. The van der Waals surface area contributed by atoms with Crippen LogP contribution in [0.4, 0.5) is 11.4 Å². The van der Waals surface area contributed by atoms with Gasteiger partial charge in [0.1, 0.15) is 5.75 Å². The number of nitrogens with zero attached hydrogens (tertiary/aromatic N) is 2. The van der Waals surface area contributed by atoms with Crippen molar-refractivity contribution in [3.05, 3.63) is 52.1 Å². The smallest absolute Gasteiger partial charge is 0.271 e. The van der Waals surface area contributed by atoms with Crippen LogP contribution >= 0.6 is 0 Å². The summed E-state index contributed by atoms with van der Waals surface area (Å²) in [6.45, 7) is -0.367. The van der Waals surface area contributed by atoms with Crippen LogP contribution in [-0.4, -0.2) is 31.7 Å². The summed E-state index contributed by atoms with van der Waals surface area (Å²) in [6.07, 6.45) is 0. The van der Waals surface area contributed by atoms with E-state index in [1.165, 1.54) is 50.6 Å². The third-order valence-corrected chi connectivity index (χ3v) is 3.32. The van der Waals surface area contributed by atoms with Gasteiger partial charge in [0.25, 0.3) is 11.6 Å². The topological polar surface area (TPSA) is 124 Å². The molecule has 0 heterocycles. The molecule has 0 saturated carbocycles. The van der Waals surface area contributed by atoms with Crippen molar-refractivity contribution in [2.24, 2.45) is 0 Å². The first-order chi connectivity index (χ1) is 12.5. The van der Waals surface area contributed by atoms with Gasteiger partial charge in [0.05, 0.1) is 36.5 Å². The van der Waals surface area contributed by atoms with E-state index in [-0.39, 0.29) is 29.5 Å². The van der Waals surface area contributed by atoms with Crippen molar-refractivity contribution in [1.82, 2.24) is 0 Å². The lowest BCUT2D eigenvalue weighted by atomic mass is 10.2. The molecule has 26 heavy (non-hydrogen) atoms. The van der Waals surface area contributed by atoms with Crippen LogP contribution in [0.3, 0.4) is 0 Å². The van der Waals surface area contributed by atoms with Crippen LogP contribution in [0.5, 0.6) is 17.2 Å². The molecule has 0 fully saturated rings. The molecule has 134 valence electrons. The largest absolute Gasteiger partial charge is 0.495 e. The molecule has 0 aromatic heterocycles. The third kappa shape index (κ3) is 4.39. The molecule has 0 aliphatic carbocycles. The number of carbonyl (C=O) groups is 1. The Morgan fingerprint density at radius 2 is 1.85 bits per heavy atom. The Hall–Kier alpha value is -3.80. The summed E-state index contributed by atoms with van der Waals surface area (Å²) >= 11 is 0. The highest BCUT2D eigenvalue weighted by Gasteiger charge is 2.15. The van der Waals surface area contributed by atoms with E-state index in [1.807, 2.05) is 6.07 Å². The molecular weight excluding hydrogens is 342 g/mol. The zero-order chi connectivity index (χ0) is 19.1. The molecule has 0 bridgehead atoms. The normalized spacial score (nSPS) is 9.73. The third-order valence-electron chi connectivity index (χ3n) is 3.32. The van der Waals surface area contributed by atoms with Gasteiger partial charge in [-0.1, -0.05) is 0 Å². The average Bonchev–Trinajstić information content (AvgIpc) is 2.65. The highest BCUT2D eigenvalue weighted by molar-refractivity contribution is 5.93. The Kier molecular flexibility index (Phi) is 5.95. The Morgan fingerprint density at radius 3 is 2.46 bits per heavy atom. The van der Waals surface area contributed by atoms with Crippen molar-refractivity contribution in [3.8, 4) is 23.3 Å². The molecule has 0 aliphatic rings. The van der Waals surface area contributed by atoms with Gasteiger partial charge >= 0.3 is 0 Å². The lowest BCUT2D eigenvalue weighted by Crippen LogP contribution is -2.20. The van der Waals surface area contributed by atoms with Crippen LogP contribution in [0.1, 0.15) is 5.56 Å². The van der Waals surface area contributed by atoms with E-state index in [9.17, 15) is 14.9 Å². The quantitative estimate of drug-likeness (QED) is 0.596. The molecule has 0 radical (unpaired) electrons. The van der Waals surface area contributed by atoms with Crippen molar-refractivity contribution in [2.45, 2.75) is 0 Å². The number of carbonyl (C=O) groups excluding carboxylic acids is 1. The van der Waals surface area contributed by atoms with Gasteiger partial charge in [-0.15, -0.1) is 0 Å². The first-order valence-electron chi connectivity index (χ1n) is 7.31. The van der Waals surface area contributed by atoms with Crippen LogP contribution in [0, 0.1) is 21.4 Å². The number of nitrogens with one attached hydrogen (secondary N) is 1. The fourth-order valence-corrected chi connectivity index (χ4v) is 2.09. The minimum Gasteiger partial charge on any atom is -0.495 e. The maximum Gasteiger partial charge on any atom is 0.271 e. The minimum absolute atomic E-state index is 0.155. The number of nitro groups is 1. The number of non-ortho nitro benzene ring substituents is 1. The second kappa shape index (κ2) is 8.34. The summed E-state index contributed by atoms with van der Waals surface area (Å²) in [7, 11) is 2.80. The fourth-order valence-electron chi connectivity index (χ4n) is 2.09. The summed E-state index contributed by atoms with van der Waals surface area (Å²) in [6, 6.07) is 10.3. The van der Waals surface area contributed by atoms with Gasteiger partial charge in [-0.25, -0.2) is 0 Å². The molecule has 9 nitrogen and oxygen atoms in total. The number of benzene rings is 2. The number of rotatable bonds is 7. The first kappa shape index (κ1) is 18.5. The summed E-state index contributed by atoms with van der Waals surface area (Å²) in [4.78, 5) is 22.4. The summed E-state index contributed by atoms with van der Waals surface area (Å²) in [5.41, 5.74) is 0.359. The highest BCUT2D eigenvalue weighted by Crippen LogP contribution is 2.30.